The molecule has 1 fully saturated rings. The number of carbonyl (C=O) groups excluding carboxylic acids is 1. The summed E-state index contributed by atoms with van der Waals surface area (Å²) in [6, 6.07) is 9.41. The molecule has 180 valence electrons. The maximum Gasteiger partial charge on any atom is 0.400 e. The van der Waals surface area contributed by atoms with Gasteiger partial charge in [-0.1, -0.05) is 25.5 Å². The minimum Gasteiger partial charge on any atom is -0.504 e. The molecule has 0 amide bonds. The highest BCUT2D eigenvalue weighted by molar-refractivity contribution is 5.99. The maximum absolute atomic E-state index is 14.7. The van der Waals surface area contributed by atoms with E-state index in [1.165, 1.54) is 12.1 Å². The number of benzene rings is 2. The maximum atomic E-state index is 14.7. The van der Waals surface area contributed by atoms with Crippen molar-refractivity contribution in [2.75, 3.05) is 6.61 Å². The quantitative estimate of drug-likeness (QED) is 0.387. The van der Waals surface area contributed by atoms with Crippen LogP contribution in [0.4, 0.5) is 13.2 Å². The van der Waals surface area contributed by atoms with Crippen LogP contribution < -0.4 is 9.47 Å². The average Bonchev–Trinajstić information content (AvgIpc) is 2.79. The van der Waals surface area contributed by atoms with Crippen LogP contribution in [0.15, 0.2) is 36.4 Å². The van der Waals surface area contributed by atoms with Gasteiger partial charge >= 0.3 is 6.11 Å². The van der Waals surface area contributed by atoms with Crippen LogP contribution in [0.5, 0.6) is 17.2 Å². The molecule has 0 aromatic heterocycles. The highest BCUT2D eigenvalue weighted by Gasteiger charge is 2.44. The first-order valence-corrected chi connectivity index (χ1v) is 11.6. The van der Waals surface area contributed by atoms with E-state index < -0.39 is 29.4 Å². The number of rotatable bonds is 10. The van der Waals surface area contributed by atoms with Gasteiger partial charge in [0.1, 0.15) is 5.75 Å². The molecule has 0 aliphatic heterocycles. The zero-order valence-electron chi connectivity index (χ0n) is 19.1. The minimum absolute atomic E-state index is 0.0685. The van der Waals surface area contributed by atoms with E-state index >= 15 is 0 Å². The van der Waals surface area contributed by atoms with Crippen LogP contribution in [0.1, 0.15) is 68.3 Å². The first kappa shape index (κ1) is 24.9. The predicted octanol–water partition coefficient (Wildman–Crippen LogP) is 6.93. The summed E-state index contributed by atoms with van der Waals surface area (Å²) in [6.45, 7) is 3.97. The van der Waals surface area contributed by atoms with Gasteiger partial charge in [-0.15, -0.1) is 0 Å². The molecule has 0 bridgehead atoms. The molecule has 0 unspecified atom stereocenters. The SMILES string of the molecule is CCCc1ccc(OC(F)(F)C2CCC(CC(=O)c3ccc(OCC)c(F)c3O)CC2)cc1. The van der Waals surface area contributed by atoms with Crippen molar-refractivity contribution >= 4 is 5.78 Å². The summed E-state index contributed by atoms with van der Waals surface area (Å²) in [4.78, 5) is 12.6. The molecule has 0 heterocycles. The molecule has 0 atom stereocenters. The first-order chi connectivity index (χ1) is 15.7. The molecule has 33 heavy (non-hydrogen) atoms. The Balaban J connectivity index is 1.54. The van der Waals surface area contributed by atoms with Crippen LogP contribution in [0.2, 0.25) is 0 Å². The van der Waals surface area contributed by atoms with Gasteiger partial charge in [-0.3, -0.25) is 4.79 Å². The third-order valence-corrected chi connectivity index (χ3v) is 6.19. The van der Waals surface area contributed by atoms with Gasteiger partial charge < -0.3 is 14.6 Å². The van der Waals surface area contributed by atoms with Gasteiger partial charge in [0.2, 0.25) is 5.82 Å². The van der Waals surface area contributed by atoms with Gasteiger partial charge in [0.15, 0.2) is 17.3 Å². The first-order valence-electron chi connectivity index (χ1n) is 11.6. The van der Waals surface area contributed by atoms with Crippen molar-refractivity contribution in [1.29, 1.82) is 0 Å². The summed E-state index contributed by atoms with van der Waals surface area (Å²) in [5.74, 6) is -3.12. The molecule has 0 radical (unpaired) electrons. The molecule has 4 nitrogen and oxygen atoms in total. The van der Waals surface area contributed by atoms with Crippen LogP contribution >= 0.6 is 0 Å². The number of Topliss-reactive ketones (excluding diaryl/α,β-unsaturated/α-hetero) is 1. The highest BCUT2D eigenvalue weighted by atomic mass is 19.3. The zero-order chi connectivity index (χ0) is 24.0. The van der Waals surface area contributed by atoms with Crippen molar-refractivity contribution in [3.05, 3.63) is 53.3 Å². The molecule has 2 aromatic carbocycles. The van der Waals surface area contributed by atoms with Crippen LogP contribution in [0.3, 0.4) is 0 Å². The monoisotopic (exact) mass is 464 g/mol. The van der Waals surface area contributed by atoms with Crippen molar-refractivity contribution in [1.82, 2.24) is 0 Å². The molecule has 1 aliphatic carbocycles. The average molecular weight is 465 g/mol. The van der Waals surface area contributed by atoms with Crippen molar-refractivity contribution in [3.63, 3.8) is 0 Å². The second-order valence-corrected chi connectivity index (χ2v) is 8.61. The Bertz CT molecular complexity index is 935. The fraction of sp³-hybridized carbons (Fsp3) is 0.500. The molecule has 0 saturated heterocycles. The van der Waals surface area contributed by atoms with E-state index in [1.54, 1.807) is 31.2 Å². The van der Waals surface area contributed by atoms with E-state index in [0.29, 0.717) is 12.8 Å². The highest BCUT2D eigenvalue weighted by Crippen LogP contribution is 2.41. The number of phenols is 1. The Hall–Kier alpha value is -2.70. The van der Waals surface area contributed by atoms with E-state index in [2.05, 4.69) is 6.92 Å². The van der Waals surface area contributed by atoms with Crippen LogP contribution in [0.25, 0.3) is 0 Å². The van der Waals surface area contributed by atoms with Gasteiger partial charge in [0.05, 0.1) is 18.1 Å². The van der Waals surface area contributed by atoms with Gasteiger partial charge in [0.25, 0.3) is 0 Å². The molecule has 0 spiro atoms. The second-order valence-electron chi connectivity index (χ2n) is 8.61. The van der Waals surface area contributed by atoms with E-state index in [9.17, 15) is 23.1 Å². The number of ether oxygens (including phenoxy) is 2. The molecule has 1 N–H and O–H groups in total. The number of phenolic OH excluding ortho intramolecular Hbond substituents is 1. The Morgan fingerprint density at radius 1 is 1.06 bits per heavy atom. The Morgan fingerprint density at radius 2 is 1.73 bits per heavy atom. The van der Waals surface area contributed by atoms with E-state index in [-0.39, 0.29) is 48.8 Å². The zero-order valence-corrected chi connectivity index (χ0v) is 19.1. The van der Waals surface area contributed by atoms with Crippen LogP contribution in [0, 0.1) is 17.7 Å². The lowest BCUT2D eigenvalue weighted by Crippen LogP contribution is -2.37. The van der Waals surface area contributed by atoms with E-state index in [0.717, 1.165) is 18.4 Å². The van der Waals surface area contributed by atoms with Crippen LogP contribution in [-0.2, 0) is 6.42 Å². The van der Waals surface area contributed by atoms with E-state index in [4.69, 9.17) is 9.47 Å². The van der Waals surface area contributed by atoms with Crippen molar-refractivity contribution in [2.24, 2.45) is 11.8 Å². The number of hydrogen-bond donors (Lipinski definition) is 1. The van der Waals surface area contributed by atoms with Gasteiger partial charge in [-0.05, 0) is 74.8 Å². The molecule has 3 rings (SSSR count). The van der Waals surface area contributed by atoms with E-state index in [1.807, 2.05) is 0 Å². The van der Waals surface area contributed by atoms with Crippen LogP contribution in [-0.4, -0.2) is 23.6 Å². The summed E-state index contributed by atoms with van der Waals surface area (Å²) in [5.41, 5.74) is 0.968. The topological polar surface area (TPSA) is 55.8 Å². The second kappa shape index (κ2) is 10.9. The normalized spacial score (nSPS) is 18.7. The summed E-state index contributed by atoms with van der Waals surface area (Å²) in [6.07, 6.45) is -0.0341. The Kier molecular flexibility index (Phi) is 8.27. The molecule has 1 saturated carbocycles. The standard InChI is InChI=1S/C26H31F3O4/c1-3-5-17-8-12-20(13-9-17)33-26(28,29)19-10-6-18(7-11-19)16-22(30)21-14-15-23(32-4-2)24(27)25(21)31/h8-9,12-15,18-19,31H,3-7,10-11,16H2,1-2H3. The smallest absolute Gasteiger partial charge is 0.400 e. The van der Waals surface area contributed by atoms with Gasteiger partial charge in [-0.25, -0.2) is 0 Å². The Labute approximate surface area is 192 Å². The summed E-state index contributed by atoms with van der Waals surface area (Å²) >= 11 is 0. The molecular weight excluding hydrogens is 433 g/mol. The third kappa shape index (κ3) is 6.21. The fourth-order valence-electron chi connectivity index (χ4n) is 4.37. The largest absolute Gasteiger partial charge is 0.504 e. The van der Waals surface area contributed by atoms with Crippen molar-refractivity contribution in [2.45, 2.75) is 64.9 Å². The number of aryl methyl sites for hydroxylation is 1. The number of halogens is 3. The number of hydrogen-bond acceptors (Lipinski definition) is 4. The van der Waals surface area contributed by atoms with Gasteiger partial charge in [0, 0.05) is 6.42 Å². The number of aromatic hydroxyl groups is 1. The lowest BCUT2D eigenvalue weighted by Gasteiger charge is -2.33. The number of alkyl halides is 2. The molecular formula is C26H31F3O4. The predicted molar refractivity (Wildman–Crippen MR) is 120 cm³/mol. The molecule has 2 aromatic rings. The third-order valence-electron chi connectivity index (χ3n) is 6.19. The fourth-order valence-corrected chi connectivity index (χ4v) is 4.37. The minimum atomic E-state index is -3.29. The summed E-state index contributed by atoms with van der Waals surface area (Å²) < 4.78 is 53.7. The van der Waals surface area contributed by atoms with Crippen molar-refractivity contribution < 1.29 is 32.5 Å². The Morgan fingerprint density at radius 3 is 2.33 bits per heavy atom. The lowest BCUT2D eigenvalue weighted by atomic mass is 9.78. The number of ketones is 1. The lowest BCUT2D eigenvalue weighted by molar-refractivity contribution is -0.223. The summed E-state index contributed by atoms with van der Waals surface area (Å²) in [5, 5.41) is 10.0. The van der Waals surface area contributed by atoms with Gasteiger partial charge in [-0.2, -0.15) is 13.2 Å². The van der Waals surface area contributed by atoms with Crippen molar-refractivity contribution in [3.8, 4) is 17.2 Å². The number of carbonyl (C=O) groups is 1. The molecule has 1 aliphatic rings. The molecule has 7 heteroatoms. The summed E-state index contributed by atoms with van der Waals surface area (Å²) in [7, 11) is 0.